The van der Waals surface area contributed by atoms with E-state index in [1.807, 2.05) is 60.7 Å². The number of nitrogens with two attached hydrogens (primary N) is 1. The highest BCUT2D eigenvalue weighted by atomic mass is 35.5. The summed E-state index contributed by atoms with van der Waals surface area (Å²) in [6.07, 6.45) is 1.93. The normalized spacial score (nSPS) is 11.4. The molecule has 0 atom stereocenters. The van der Waals surface area contributed by atoms with Gasteiger partial charge in [0.2, 0.25) is 0 Å². The largest absolute Gasteiger partial charge is 0.399 e. The smallest absolute Gasteiger partial charge is 0.0484 e. The van der Waals surface area contributed by atoms with Crippen molar-refractivity contribution in [1.82, 2.24) is 0 Å². The van der Waals surface area contributed by atoms with Crippen molar-refractivity contribution >= 4 is 28.4 Å². The van der Waals surface area contributed by atoms with Crippen LogP contribution < -0.4 is 5.73 Å². The van der Waals surface area contributed by atoms with Crippen LogP contribution >= 0.6 is 11.6 Å². The van der Waals surface area contributed by atoms with Gasteiger partial charge in [-0.05, 0) is 29.3 Å². The molecule has 0 heterocycles. The minimum absolute atomic E-state index is 0.727. The Morgan fingerprint density at radius 1 is 0.938 bits per heavy atom. The van der Waals surface area contributed by atoms with Gasteiger partial charge in [-0.3, -0.25) is 0 Å². The molecule has 2 heteroatoms. The van der Waals surface area contributed by atoms with E-state index in [0.29, 0.717) is 0 Å². The topological polar surface area (TPSA) is 26.0 Å². The van der Waals surface area contributed by atoms with E-state index in [0.717, 1.165) is 21.8 Å². The lowest BCUT2D eigenvalue weighted by atomic mass is 10.1. The molecule has 0 amide bonds. The van der Waals surface area contributed by atoms with E-state index in [2.05, 4.69) is 0 Å². The van der Waals surface area contributed by atoms with Crippen LogP contribution in [0.25, 0.3) is 11.1 Å². The highest BCUT2D eigenvalue weighted by molar-refractivity contribution is 6.51. The third-order valence-electron chi connectivity index (χ3n) is 2.28. The Morgan fingerprint density at radius 3 is 2.19 bits per heavy atom. The zero-order valence-corrected chi connectivity index (χ0v) is 9.48. The molecular weight excluding hydrogens is 218 g/mol. The van der Waals surface area contributed by atoms with Gasteiger partial charge >= 0.3 is 0 Å². The van der Waals surface area contributed by atoms with Gasteiger partial charge in [0, 0.05) is 10.7 Å². The van der Waals surface area contributed by atoms with Gasteiger partial charge in [0.1, 0.15) is 0 Å². The first kappa shape index (κ1) is 10.8. The Labute approximate surface area is 100 Å². The standard InChI is InChI=1S/C14H12ClN/c15-14(12-4-2-1-3-5-12)10-11-6-8-13(16)9-7-11/h1-10H,16H2. The number of hydrogen-bond acceptors (Lipinski definition) is 1. The van der Waals surface area contributed by atoms with Crippen molar-refractivity contribution in [2.24, 2.45) is 0 Å². The summed E-state index contributed by atoms with van der Waals surface area (Å²) in [6.45, 7) is 0. The lowest BCUT2D eigenvalue weighted by Gasteiger charge is -2.00. The van der Waals surface area contributed by atoms with Gasteiger partial charge in [0.15, 0.2) is 0 Å². The van der Waals surface area contributed by atoms with Crippen molar-refractivity contribution in [3.05, 3.63) is 65.7 Å². The van der Waals surface area contributed by atoms with Crippen LogP contribution in [0.15, 0.2) is 54.6 Å². The number of anilines is 1. The molecule has 0 radical (unpaired) electrons. The van der Waals surface area contributed by atoms with Crippen molar-refractivity contribution in [1.29, 1.82) is 0 Å². The van der Waals surface area contributed by atoms with Crippen LogP contribution in [-0.2, 0) is 0 Å². The molecule has 0 aliphatic carbocycles. The summed E-state index contributed by atoms with van der Waals surface area (Å²) < 4.78 is 0. The number of hydrogen-bond donors (Lipinski definition) is 1. The van der Waals surface area contributed by atoms with Gasteiger partial charge in [0.25, 0.3) is 0 Å². The first-order valence-corrected chi connectivity index (χ1v) is 5.42. The average Bonchev–Trinajstić information content (AvgIpc) is 2.33. The molecule has 0 aliphatic rings. The van der Waals surface area contributed by atoms with Gasteiger partial charge in [-0.25, -0.2) is 0 Å². The second kappa shape index (κ2) is 4.86. The molecule has 0 aliphatic heterocycles. The molecular formula is C14H12ClN. The molecule has 0 aromatic heterocycles. The highest BCUT2D eigenvalue weighted by Gasteiger charge is 1.96. The predicted molar refractivity (Wildman–Crippen MR) is 71.0 cm³/mol. The third kappa shape index (κ3) is 2.65. The molecule has 80 valence electrons. The molecule has 2 aromatic rings. The number of halogens is 1. The molecule has 0 spiro atoms. The molecule has 0 fully saturated rings. The van der Waals surface area contributed by atoms with Crippen molar-refractivity contribution < 1.29 is 0 Å². The molecule has 0 saturated heterocycles. The fourth-order valence-electron chi connectivity index (χ4n) is 1.42. The zero-order valence-electron chi connectivity index (χ0n) is 8.73. The summed E-state index contributed by atoms with van der Waals surface area (Å²) >= 11 is 6.21. The van der Waals surface area contributed by atoms with Gasteiger partial charge in [-0.1, -0.05) is 54.1 Å². The molecule has 2 rings (SSSR count). The SMILES string of the molecule is Nc1ccc(C=C(Cl)c2ccccc2)cc1. The number of benzene rings is 2. The van der Waals surface area contributed by atoms with Crippen LogP contribution in [0, 0.1) is 0 Å². The number of rotatable bonds is 2. The predicted octanol–water partition coefficient (Wildman–Crippen LogP) is 4.01. The van der Waals surface area contributed by atoms with Crippen molar-refractivity contribution in [2.75, 3.05) is 5.73 Å². The summed E-state index contributed by atoms with van der Waals surface area (Å²) in [7, 11) is 0. The maximum atomic E-state index is 6.21. The van der Waals surface area contributed by atoms with E-state index in [9.17, 15) is 0 Å². The van der Waals surface area contributed by atoms with Gasteiger partial charge < -0.3 is 5.73 Å². The maximum absolute atomic E-state index is 6.21. The minimum atomic E-state index is 0.727. The molecule has 0 bridgehead atoms. The lowest BCUT2D eigenvalue weighted by Crippen LogP contribution is -1.83. The van der Waals surface area contributed by atoms with E-state index in [4.69, 9.17) is 17.3 Å². The summed E-state index contributed by atoms with van der Waals surface area (Å²) in [5.74, 6) is 0. The summed E-state index contributed by atoms with van der Waals surface area (Å²) in [4.78, 5) is 0. The quantitative estimate of drug-likeness (QED) is 0.611. The van der Waals surface area contributed by atoms with Crippen LogP contribution in [0.2, 0.25) is 0 Å². The van der Waals surface area contributed by atoms with E-state index in [-0.39, 0.29) is 0 Å². The van der Waals surface area contributed by atoms with Gasteiger partial charge in [-0.2, -0.15) is 0 Å². The first-order valence-electron chi connectivity index (χ1n) is 5.04. The molecule has 2 N–H and O–H groups in total. The fraction of sp³-hybridized carbons (Fsp3) is 0. The molecule has 1 nitrogen and oxygen atoms in total. The second-order valence-electron chi connectivity index (χ2n) is 3.52. The van der Waals surface area contributed by atoms with Gasteiger partial charge in [0.05, 0.1) is 0 Å². The van der Waals surface area contributed by atoms with Crippen molar-refractivity contribution in [2.45, 2.75) is 0 Å². The molecule has 16 heavy (non-hydrogen) atoms. The third-order valence-corrected chi connectivity index (χ3v) is 2.61. The van der Waals surface area contributed by atoms with Gasteiger partial charge in [-0.15, -0.1) is 0 Å². The maximum Gasteiger partial charge on any atom is 0.0484 e. The second-order valence-corrected chi connectivity index (χ2v) is 3.93. The molecule has 0 unspecified atom stereocenters. The van der Waals surface area contributed by atoms with E-state index in [1.54, 1.807) is 0 Å². The van der Waals surface area contributed by atoms with Crippen molar-refractivity contribution in [3.63, 3.8) is 0 Å². The molecule has 2 aromatic carbocycles. The van der Waals surface area contributed by atoms with Crippen LogP contribution in [-0.4, -0.2) is 0 Å². The van der Waals surface area contributed by atoms with E-state index >= 15 is 0 Å². The Bertz CT molecular complexity index is 486. The fourth-order valence-corrected chi connectivity index (χ4v) is 1.67. The Hall–Kier alpha value is -1.73. The van der Waals surface area contributed by atoms with Crippen LogP contribution in [0.5, 0.6) is 0 Å². The summed E-state index contributed by atoms with van der Waals surface area (Å²) in [6, 6.07) is 17.5. The average molecular weight is 230 g/mol. The van der Waals surface area contributed by atoms with E-state index < -0.39 is 0 Å². The van der Waals surface area contributed by atoms with Crippen molar-refractivity contribution in [3.8, 4) is 0 Å². The monoisotopic (exact) mass is 229 g/mol. The van der Waals surface area contributed by atoms with Crippen LogP contribution in [0.3, 0.4) is 0 Å². The number of nitrogen functional groups attached to an aromatic ring is 1. The van der Waals surface area contributed by atoms with Crippen LogP contribution in [0.4, 0.5) is 5.69 Å². The van der Waals surface area contributed by atoms with E-state index in [1.165, 1.54) is 0 Å². The Morgan fingerprint density at radius 2 is 1.56 bits per heavy atom. The van der Waals surface area contributed by atoms with Crippen LogP contribution in [0.1, 0.15) is 11.1 Å². The Kier molecular flexibility index (Phi) is 3.28. The summed E-state index contributed by atoms with van der Waals surface area (Å²) in [5.41, 5.74) is 8.43. The summed E-state index contributed by atoms with van der Waals surface area (Å²) in [5, 5.41) is 0.727. The molecule has 0 saturated carbocycles. The highest BCUT2D eigenvalue weighted by Crippen LogP contribution is 2.22. The lowest BCUT2D eigenvalue weighted by molar-refractivity contribution is 1.63. The first-order chi connectivity index (χ1) is 7.75. The Balaban J connectivity index is 2.28. The zero-order chi connectivity index (χ0) is 11.4. The minimum Gasteiger partial charge on any atom is -0.399 e.